The summed E-state index contributed by atoms with van der Waals surface area (Å²) in [6.45, 7) is 2.56. The Morgan fingerprint density at radius 3 is 2.45 bits per heavy atom. The van der Waals surface area contributed by atoms with Crippen molar-refractivity contribution >= 4 is 29.3 Å². The van der Waals surface area contributed by atoms with E-state index in [0.717, 1.165) is 12.1 Å². The molecule has 14 heteroatoms. The zero-order valence-corrected chi connectivity index (χ0v) is 24.1. The molecule has 1 aromatic heterocycles. The van der Waals surface area contributed by atoms with Gasteiger partial charge < -0.3 is 20.5 Å². The van der Waals surface area contributed by atoms with Gasteiger partial charge in [0.25, 0.3) is 0 Å². The van der Waals surface area contributed by atoms with Crippen LogP contribution in [0.4, 0.5) is 33.6 Å². The van der Waals surface area contributed by atoms with Gasteiger partial charge in [-0.1, -0.05) is 18.2 Å². The van der Waals surface area contributed by atoms with Gasteiger partial charge >= 0.3 is 6.36 Å². The number of alkyl halides is 3. The van der Waals surface area contributed by atoms with Crippen molar-refractivity contribution in [1.82, 2.24) is 14.9 Å². The summed E-state index contributed by atoms with van der Waals surface area (Å²) in [5, 5.41) is 2.78. The molecule has 1 fully saturated rings. The molecule has 0 bridgehead atoms. The Morgan fingerprint density at radius 1 is 1.07 bits per heavy atom. The lowest BCUT2D eigenvalue weighted by Crippen LogP contribution is -2.35. The highest BCUT2D eigenvalue weighted by atomic mass is 32.2. The SMILES string of the molecule is CSc1cnc(Nc2ccc(C(N)=O)c(-c3cccc(CN4CCOCC4)c3F)c2F)nc1-c1ccc(OC(F)(F)F)cc1. The molecule has 1 amide bonds. The lowest BCUT2D eigenvalue weighted by Gasteiger charge is -2.27. The molecule has 44 heavy (non-hydrogen) atoms. The second-order valence-corrected chi connectivity index (χ2v) is 10.5. The number of halogens is 5. The molecule has 1 aliphatic heterocycles. The van der Waals surface area contributed by atoms with Gasteiger partial charge in [0.05, 0.1) is 35.1 Å². The van der Waals surface area contributed by atoms with Crippen molar-refractivity contribution in [3.63, 3.8) is 0 Å². The molecule has 4 aromatic rings. The van der Waals surface area contributed by atoms with Crippen LogP contribution in [-0.2, 0) is 11.3 Å². The summed E-state index contributed by atoms with van der Waals surface area (Å²) in [7, 11) is 0. The monoisotopic (exact) mass is 631 g/mol. The minimum Gasteiger partial charge on any atom is -0.406 e. The first-order valence-electron chi connectivity index (χ1n) is 13.3. The third-order valence-electron chi connectivity index (χ3n) is 6.84. The van der Waals surface area contributed by atoms with Crippen LogP contribution in [0.15, 0.2) is 65.7 Å². The fourth-order valence-electron chi connectivity index (χ4n) is 4.76. The number of hydrogen-bond acceptors (Lipinski definition) is 8. The molecule has 1 saturated heterocycles. The van der Waals surface area contributed by atoms with Gasteiger partial charge in [-0.15, -0.1) is 24.9 Å². The highest BCUT2D eigenvalue weighted by Crippen LogP contribution is 2.36. The Morgan fingerprint density at radius 2 is 1.80 bits per heavy atom. The quantitative estimate of drug-likeness (QED) is 0.162. The molecule has 0 aliphatic carbocycles. The Bertz CT molecular complexity index is 1660. The molecule has 230 valence electrons. The molecule has 1 aliphatic rings. The zero-order valence-electron chi connectivity index (χ0n) is 23.3. The highest BCUT2D eigenvalue weighted by molar-refractivity contribution is 7.98. The number of thioether (sulfide) groups is 1. The normalized spacial score (nSPS) is 14.0. The number of nitrogens with two attached hydrogens (primary N) is 1. The summed E-state index contributed by atoms with van der Waals surface area (Å²) >= 11 is 1.30. The van der Waals surface area contributed by atoms with Crippen LogP contribution in [0, 0.1) is 11.6 Å². The lowest BCUT2D eigenvalue weighted by molar-refractivity contribution is -0.274. The largest absolute Gasteiger partial charge is 0.573 e. The first-order chi connectivity index (χ1) is 21.0. The van der Waals surface area contributed by atoms with Crippen LogP contribution >= 0.6 is 11.8 Å². The van der Waals surface area contributed by atoms with E-state index in [0.29, 0.717) is 48.0 Å². The van der Waals surface area contributed by atoms with E-state index in [1.807, 2.05) is 4.90 Å². The number of anilines is 2. The summed E-state index contributed by atoms with van der Waals surface area (Å²) in [4.78, 5) is 23.6. The first-order valence-corrected chi connectivity index (χ1v) is 14.5. The number of primary amides is 1. The summed E-state index contributed by atoms with van der Waals surface area (Å²) in [6.07, 6.45) is -1.59. The maximum atomic E-state index is 16.2. The number of hydrogen-bond donors (Lipinski definition) is 2. The fourth-order valence-corrected chi connectivity index (χ4v) is 5.27. The number of aromatic nitrogens is 2. The minimum absolute atomic E-state index is 0.0494. The van der Waals surface area contributed by atoms with E-state index < -0.39 is 29.7 Å². The first kappa shape index (κ1) is 31.2. The van der Waals surface area contributed by atoms with Gasteiger partial charge in [0.2, 0.25) is 11.9 Å². The van der Waals surface area contributed by atoms with Crippen LogP contribution in [0.2, 0.25) is 0 Å². The molecule has 2 heterocycles. The van der Waals surface area contributed by atoms with Crippen LogP contribution in [-0.4, -0.2) is 59.7 Å². The van der Waals surface area contributed by atoms with Crippen molar-refractivity contribution < 1.29 is 36.2 Å². The molecule has 0 atom stereocenters. The summed E-state index contributed by atoms with van der Waals surface area (Å²) in [5.74, 6) is -3.02. The van der Waals surface area contributed by atoms with Crippen LogP contribution in [0.1, 0.15) is 15.9 Å². The molecule has 0 spiro atoms. The van der Waals surface area contributed by atoms with Gasteiger partial charge in [-0.05, 0) is 42.7 Å². The predicted molar refractivity (Wildman–Crippen MR) is 156 cm³/mol. The Labute approximate surface area is 253 Å². The predicted octanol–water partition coefficient (Wildman–Crippen LogP) is 6.38. The minimum atomic E-state index is -4.84. The van der Waals surface area contributed by atoms with Gasteiger partial charge in [0, 0.05) is 48.1 Å². The number of carbonyl (C=O) groups excluding carboxylic acids is 1. The fraction of sp³-hybridized carbons (Fsp3) is 0.233. The van der Waals surface area contributed by atoms with E-state index in [-0.39, 0.29) is 34.9 Å². The maximum Gasteiger partial charge on any atom is 0.573 e. The van der Waals surface area contributed by atoms with Crippen molar-refractivity contribution in [3.05, 3.63) is 83.6 Å². The van der Waals surface area contributed by atoms with Crippen LogP contribution in [0.25, 0.3) is 22.4 Å². The number of morpholine rings is 1. The van der Waals surface area contributed by atoms with E-state index in [9.17, 15) is 18.0 Å². The van der Waals surface area contributed by atoms with E-state index >= 15 is 8.78 Å². The molecule has 8 nitrogen and oxygen atoms in total. The van der Waals surface area contributed by atoms with Gasteiger partial charge in [0.1, 0.15) is 11.6 Å². The number of nitrogens with zero attached hydrogens (tertiary/aromatic N) is 3. The second kappa shape index (κ2) is 13.2. The molecular weight excluding hydrogens is 605 g/mol. The number of rotatable bonds is 9. The molecular formula is C30H26F5N5O3S. The van der Waals surface area contributed by atoms with Crippen LogP contribution in [0.3, 0.4) is 0 Å². The van der Waals surface area contributed by atoms with Crippen molar-refractivity contribution in [2.45, 2.75) is 17.8 Å². The number of nitrogens with one attached hydrogen (secondary N) is 1. The van der Waals surface area contributed by atoms with Crippen molar-refractivity contribution in [3.8, 4) is 28.1 Å². The van der Waals surface area contributed by atoms with E-state index in [1.165, 1.54) is 48.3 Å². The van der Waals surface area contributed by atoms with Gasteiger partial charge in [0.15, 0.2) is 5.82 Å². The Balaban J connectivity index is 1.49. The number of benzene rings is 3. The molecule has 3 aromatic carbocycles. The average molecular weight is 632 g/mol. The molecule has 0 saturated carbocycles. The number of amides is 1. The number of carbonyl (C=O) groups is 1. The third-order valence-corrected chi connectivity index (χ3v) is 7.57. The van der Waals surface area contributed by atoms with E-state index in [4.69, 9.17) is 10.5 Å². The average Bonchev–Trinajstić information content (AvgIpc) is 2.99. The maximum absolute atomic E-state index is 16.2. The van der Waals surface area contributed by atoms with E-state index in [2.05, 4.69) is 20.0 Å². The summed E-state index contributed by atoms with van der Waals surface area (Å²) in [5.41, 5.74) is 5.89. The van der Waals surface area contributed by atoms with Crippen molar-refractivity contribution in [2.75, 3.05) is 37.9 Å². The summed E-state index contributed by atoms with van der Waals surface area (Å²) < 4.78 is 79.0. The third kappa shape index (κ3) is 7.09. The van der Waals surface area contributed by atoms with Crippen LogP contribution in [0.5, 0.6) is 5.75 Å². The Hall–Kier alpha value is -4.27. The second-order valence-electron chi connectivity index (χ2n) is 9.69. The van der Waals surface area contributed by atoms with Crippen molar-refractivity contribution in [2.24, 2.45) is 5.73 Å². The molecule has 5 rings (SSSR count). The topological polar surface area (TPSA) is 103 Å². The number of ether oxygens (including phenoxy) is 2. The van der Waals surface area contributed by atoms with Gasteiger partial charge in [-0.3, -0.25) is 9.69 Å². The lowest BCUT2D eigenvalue weighted by atomic mass is 9.95. The summed E-state index contributed by atoms with van der Waals surface area (Å²) in [6, 6.07) is 12.2. The molecule has 0 unspecified atom stereocenters. The van der Waals surface area contributed by atoms with Gasteiger partial charge in [-0.2, -0.15) is 0 Å². The smallest absolute Gasteiger partial charge is 0.406 e. The molecule has 0 radical (unpaired) electrons. The standard InChI is InChI=1S/C30H26F5N5O3S/c1-44-23-15-37-29(39-27(23)17-5-7-19(8-6-17)43-30(33,34)35)38-22-10-9-21(28(36)41)24(26(22)32)20-4-2-3-18(25(20)31)16-40-11-13-42-14-12-40/h2-10,15H,11-14,16H2,1H3,(H2,36,41)(H,37,38,39). The Kier molecular flexibility index (Phi) is 9.32. The molecule has 3 N–H and O–H groups in total. The highest BCUT2D eigenvalue weighted by Gasteiger charge is 2.31. The zero-order chi connectivity index (χ0) is 31.4. The van der Waals surface area contributed by atoms with E-state index in [1.54, 1.807) is 18.4 Å². The van der Waals surface area contributed by atoms with Gasteiger partial charge in [-0.25, -0.2) is 18.7 Å². The van der Waals surface area contributed by atoms with Crippen molar-refractivity contribution in [1.29, 1.82) is 0 Å². The van der Waals surface area contributed by atoms with Crippen LogP contribution < -0.4 is 15.8 Å².